The van der Waals surface area contributed by atoms with E-state index < -0.39 is 29.7 Å². The lowest BCUT2D eigenvalue weighted by Crippen LogP contribution is -2.54. The number of terminal acetylenes is 1. The van der Waals surface area contributed by atoms with Crippen LogP contribution in [-0.4, -0.2) is 41.0 Å². The Morgan fingerprint density at radius 1 is 1.05 bits per heavy atom. The van der Waals surface area contributed by atoms with Gasteiger partial charge in [-0.05, 0) is 69.4 Å². The topological polar surface area (TPSA) is 87.7 Å². The van der Waals surface area contributed by atoms with E-state index in [1.807, 2.05) is 32.9 Å². The highest BCUT2D eigenvalue weighted by Gasteiger charge is 2.37. The Labute approximate surface area is 250 Å². The Kier molecular flexibility index (Phi) is 12.7. The van der Waals surface area contributed by atoms with Gasteiger partial charge in [0.05, 0.1) is 10.7 Å². The fourth-order valence-electron chi connectivity index (χ4n) is 4.42. The van der Waals surface area contributed by atoms with E-state index >= 15 is 0 Å². The first-order valence-electron chi connectivity index (χ1n) is 14.2. The van der Waals surface area contributed by atoms with Gasteiger partial charge in [0.25, 0.3) is 5.91 Å². The third-order valence-corrected chi connectivity index (χ3v) is 6.88. The van der Waals surface area contributed by atoms with E-state index in [0.717, 1.165) is 24.8 Å². The van der Waals surface area contributed by atoms with Gasteiger partial charge < -0.3 is 20.3 Å². The van der Waals surface area contributed by atoms with Crippen LogP contribution in [0.4, 0.5) is 10.5 Å². The molecular weight excluding hydrogens is 538 g/mol. The van der Waals surface area contributed by atoms with Gasteiger partial charge in [-0.2, -0.15) is 0 Å². The highest BCUT2D eigenvalue weighted by atomic mass is 35.5. The van der Waals surface area contributed by atoms with Crippen LogP contribution >= 0.6 is 11.6 Å². The van der Waals surface area contributed by atoms with Crippen molar-refractivity contribution in [2.45, 2.75) is 91.8 Å². The second-order valence-corrected chi connectivity index (χ2v) is 12.0. The van der Waals surface area contributed by atoms with Crippen molar-refractivity contribution in [3.63, 3.8) is 0 Å². The number of ether oxygens (including phenoxy) is 1. The average molecular weight is 582 g/mol. The van der Waals surface area contributed by atoms with Gasteiger partial charge in [-0.15, -0.1) is 6.42 Å². The molecule has 41 heavy (non-hydrogen) atoms. The molecule has 2 unspecified atom stereocenters. The number of nitrogens with one attached hydrogen (secondary N) is 2. The van der Waals surface area contributed by atoms with Crippen molar-refractivity contribution in [3.8, 4) is 12.3 Å². The van der Waals surface area contributed by atoms with Crippen LogP contribution in [0, 0.1) is 25.2 Å². The number of rotatable bonds is 12. The van der Waals surface area contributed by atoms with Crippen molar-refractivity contribution < 1.29 is 19.1 Å². The molecule has 0 bridgehead atoms. The largest absolute Gasteiger partial charge is 0.444 e. The minimum atomic E-state index is -1.01. The number of alkyl carbamates (subject to hydrolysis) is 1. The summed E-state index contributed by atoms with van der Waals surface area (Å²) in [6.45, 7) is 13.2. The zero-order valence-corrected chi connectivity index (χ0v) is 26.1. The van der Waals surface area contributed by atoms with Crippen LogP contribution in [0.3, 0.4) is 0 Å². The van der Waals surface area contributed by atoms with E-state index in [-0.39, 0.29) is 11.8 Å². The second-order valence-electron chi connectivity index (χ2n) is 11.6. The third kappa shape index (κ3) is 10.1. The Morgan fingerprint density at radius 2 is 1.71 bits per heavy atom. The molecule has 2 rings (SSSR count). The fourth-order valence-corrected chi connectivity index (χ4v) is 4.69. The van der Waals surface area contributed by atoms with Gasteiger partial charge in [-0.3, -0.25) is 9.59 Å². The molecule has 0 aliphatic carbocycles. The Balaban J connectivity index is 2.59. The highest BCUT2D eigenvalue weighted by Crippen LogP contribution is 2.30. The number of benzene rings is 2. The molecule has 222 valence electrons. The van der Waals surface area contributed by atoms with Gasteiger partial charge in [0.2, 0.25) is 5.91 Å². The van der Waals surface area contributed by atoms with Crippen molar-refractivity contribution in [3.05, 3.63) is 64.2 Å². The molecule has 0 aliphatic heterocycles. The number of nitrogens with zero attached hydrogens (tertiary/aromatic N) is 1. The lowest BCUT2D eigenvalue weighted by molar-refractivity contribution is -0.141. The number of carbonyl (C=O) groups excluding carboxylic acids is 3. The van der Waals surface area contributed by atoms with Crippen molar-refractivity contribution in [1.29, 1.82) is 0 Å². The van der Waals surface area contributed by atoms with E-state index in [4.69, 9.17) is 22.8 Å². The molecule has 0 radical (unpaired) electrons. The molecule has 3 amide bonds. The number of unbranched alkanes of at least 4 members (excludes halogenated alkanes) is 3. The Hall–Kier alpha value is -3.50. The molecule has 7 nitrogen and oxygen atoms in total. The van der Waals surface area contributed by atoms with Crippen LogP contribution in [0.15, 0.2) is 42.5 Å². The minimum absolute atomic E-state index is 0.272. The van der Waals surface area contributed by atoms with Crippen LogP contribution in [0.2, 0.25) is 5.02 Å². The molecule has 2 aromatic rings. The summed E-state index contributed by atoms with van der Waals surface area (Å²) in [5, 5.41) is 6.12. The van der Waals surface area contributed by atoms with Crippen LogP contribution in [0.5, 0.6) is 0 Å². The van der Waals surface area contributed by atoms with E-state index in [2.05, 4.69) is 23.5 Å². The molecule has 2 aromatic carbocycles. The van der Waals surface area contributed by atoms with Crippen molar-refractivity contribution in [1.82, 2.24) is 10.2 Å². The number of aryl methyl sites for hydroxylation is 1. The molecule has 0 aliphatic rings. The summed E-state index contributed by atoms with van der Waals surface area (Å²) in [5.41, 5.74) is 1.79. The minimum Gasteiger partial charge on any atom is -0.444 e. The fraction of sp³-hybridized carbons (Fsp3) is 0.485. The third-order valence-electron chi connectivity index (χ3n) is 6.56. The highest BCUT2D eigenvalue weighted by molar-refractivity contribution is 6.34. The predicted octanol–water partition coefficient (Wildman–Crippen LogP) is 7.27. The van der Waals surface area contributed by atoms with Gasteiger partial charge >= 0.3 is 6.09 Å². The first-order valence-corrected chi connectivity index (χ1v) is 14.6. The zero-order valence-electron chi connectivity index (χ0n) is 25.3. The maximum atomic E-state index is 14.3. The average Bonchev–Trinajstić information content (AvgIpc) is 2.90. The number of amides is 3. The number of anilines is 1. The molecular formula is C33H44ClN3O4. The maximum absolute atomic E-state index is 14.3. The number of halogens is 1. The molecule has 0 spiro atoms. The molecule has 0 heterocycles. The van der Waals surface area contributed by atoms with Crippen LogP contribution < -0.4 is 10.6 Å². The standard InChI is InChI=1S/C33H44ClN3O4/c1-9-11-12-13-21-37(31(39)27(22(3)4)36-32(40)41-33(6,7)8)29(25-19-17-24(10-2)18-20-25)30(38)35-28-23(5)15-14-16-26(28)34/h2,14-20,22,27,29H,9,11-13,21H2,1,3-8H3,(H,35,38)(H,36,40). The summed E-state index contributed by atoms with van der Waals surface area (Å²) in [4.78, 5) is 42.7. The Morgan fingerprint density at radius 3 is 2.24 bits per heavy atom. The quantitative estimate of drug-likeness (QED) is 0.204. The molecule has 0 aromatic heterocycles. The number of hydrogen-bond acceptors (Lipinski definition) is 4. The molecule has 0 saturated carbocycles. The molecule has 8 heteroatoms. The van der Waals surface area contributed by atoms with Gasteiger partial charge in [0.1, 0.15) is 17.7 Å². The lowest BCUT2D eigenvalue weighted by atomic mass is 9.97. The number of hydrogen-bond donors (Lipinski definition) is 2. The van der Waals surface area contributed by atoms with E-state index in [9.17, 15) is 14.4 Å². The van der Waals surface area contributed by atoms with Gasteiger partial charge in [-0.25, -0.2) is 4.79 Å². The van der Waals surface area contributed by atoms with E-state index in [0.29, 0.717) is 34.8 Å². The zero-order chi connectivity index (χ0) is 30.7. The Bertz CT molecular complexity index is 1210. The van der Waals surface area contributed by atoms with Crippen LogP contribution in [0.25, 0.3) is 0 Å². The molecule has 2 N–H and O–H groups in total. The molecule has 2 atom stereocenters. The maximum Gasteiger partial charge on any atom is 0.408 e. The van der Waals surface area contributed by atoms with Gasteiger partial charge in [-0.1, -0.05) is 81.8 Å². The van der Waals surface area contributed by atoms with E-state index in [1.165, 1.54) is 0 Å². The van der Waals surface area contributed by atoms with Crippen LogP contribution in [0.1, 0.15) is 90.0 Å². The summed E-state index contributed by atoms with van der Waals surface area (Å²) in [7, 11) is 0. The second kappa shape index (κ2) is 15.5. The first-order chi connectivity index (χ1) is 19.3. The van der Waals surface area contributed by atoms with Gasteiger partial charge in [0, 0.05) is 12.1 Å². The number of carbonyl (C=O) groups is 3. The van der Waals surface area contributed by atoms with Gasteiger partial charge in [0.15, 0.2) is 0 Å². The summed E-state index contributed by atoms with van der Waals surface area (Å²) < 4.78 is 5.45. The number of para-hydroxylation sites is 1. The van der Waals surface area contributed by atoms with Crippen molar-refractivity contribution >= 4 is 35.2 Å². The first kappa shape index (κ1) is 33.7. The predicted molar refractivity (Wildman–Crippen MR) is 166 cm³/mol. The SMILES string of the molecule is C#Cc1ccc(C(C(=O)Nc2c(C)cccc2Cl)N(CCCCCC)C(=O)C(NC(=O)OC(C)(C)C)C(C)C)cc1. The summed E-state index contributed by atoms with van der Waals surface area (Å²) >= 11 is 6.45. The van der Waals surface area contributed by atoms with Crippen molar-refractivity contribution in [2.24, 2.45) is 5.92 Å². The molecule has 0 fully saturated rings. The summed E-state index contributed by atoms with van der Waals surface area (Å²) in [5.74, 6) is 1.53. The smallest absolute Gasteiger partial charge is 0.408 e. The molecule has 0 saturated heterocycles. The lowest BCUT2D eigenvalue weighted by Gasteiger charge is -2.36. The van der Waals surface area contributed by atoms with E-state index in [1.54, 1.807) is 56.0 Å². The van der Waals surface area contributed by atoms with Crippen molar-refractivity contribution in [2.75, 3.05) is 11.9 Å². The summed E-state index contributed by atoms with van der Waals surface area (Å²) in [6.07, 6.45) is 8.48. The summed E-state index contributed by atoms with van der Waals surface area (Å²) in [6, 6.07) is 10.5. The normalized spacial score (nSPS) is 12.7. The van der Waals surface area contributed by atoms with Crippen LogP contribution in [-0.2, 0) is 14.3 Å². The monoisotopic (exact) mass is 581 g/mol.